The van der Waals surface area contributed by atoms with Gasteiger partial charge >= 0.3 is 0 Å². The lowest BCUT2D eigenvalue weighted by Crippen LogP contribution is -2.50. The topological polar surface area (TPSA) is 38.5 Å². The quantitative estimate of drug-likeness (QED) is 0.889. The summed E-state index contributed by atoms with van der Waals surface area (Å²) in [4.78, 5) is 2.44. The SMILES string of the molecule is CC1CCCC(CN)N1CCOc1ccc(F)cc1. The highest BCUT2D eigenvalue weighted by atomic mass is 19.1. The van der Waals surface area contributed by atoms with Crippen LogP contribution in [0.25, 0.3) is 0 Å². The fourth-order valence-corrected chi connectivity index (χ4v) is 2.80. The van der Waals surface area contributed by atoms with Crippen LogP contribution in [0.3, 0.4) is 0 Å². The van der Waals surface area contributed by atoms with Crippen molar-refractivity contribution in [3.63, 3.8) is 0 Å². The van der Waals surface area contributed by atoms with E-state index in [0.29, 0.717) is 25.2 Å². The molecule has 1 aliphatic rings. The molecule has 1 fully saturated rings. The van der Waals surface area contributed by atoms with Crippen LogP contribution in [-0.2, 0) is 0 Å². The second-order valence-corrected chi connectivity index (χ2v) is 5.21. The van der Waals surface area contributed by atoms with Crippen LogP contribution in [0, 0.1) is 5.82 Å². The zero-order valence-electron chi connectivity index (χ0n) is 11.5. The number of hydrogen-bond donors (Lipinski definition) is 1. The van der Waals surface area contributed by atoms with E-state index in [4.69, 9.17) is 10.5 Å². The van der Waals surface area contributed by atoms with Gasteiger partial charge in [0.25, 0.3) is 0 Å². The number of likely N-dealkylation sites (tertiary alicyclic amines) is 1. The maximum atomic E-state index is 12.8. The van der Waals surface area contributed by atoms with Gasteiger partial charge in [0, 0.05) is 25.2 Å². The molecule has 106 valence electrons. The number of nitrogens with two attached hydrogens (primary N) is 1. The summed E-state index contributed by atoms with van der Waals surface area (Å²) in [6.07, 6.45) is 3.67. The molecular weight excluding hydrogens is 243 g/mol. The normalized spacial score (nSPS) is 24.4. The third-order valence-corrected chi connectivity index (χ3v) is 3.90. The lowest BCUT2D eigenvalue weighted by molar-refractivity contribution is 0.0799. The van der Waals surface area contributed by atoms with Crippen molar-refractivity contribution in [2.24, 2.45) is 5.73 Å². The third kappa shape index (κ3) is 3.91. The standard InChI is InChI=1S/C15H23FN2O/c1-12-3-2-4-14(11-17)18(12)9-10-19-15-7-5-13(16)6-8-15/h5-8,12,14H,2-4,9-11,17H2,1H3. The van der Waals surface area contributed by atoms with E-state index in [-0.39, 0.29) is 5.82 Å². The Hall–Kier alpha value is -1.13. The molecule has 4 heteroatoms. The van der Waals surface area contributed by atoms with Gasteiger partial charge in [-0.05, 0) is 44.0 Å². The van der Waals surface area contributed by atoms with Gasteiger partial charge in [-0.3, -0.25) is 4.90 Å². The molecule has 0 aromatic heterocycles. The minimum Gasteiger partial charge on any atom is -0.492 e. The molecule has 19 heavy (non-hydrogen) atoms. The average molecular weight is 266 g/mol. The molecule has 0 saturated carbocycles. The molecule has 1 heterocycles. The zero-order chi connectivity index (χ0) is 13.7. The van der Waals surface area contributed by atoms with Crippen LogP contribution in [0.15, 0.2) is 24.3 Å². The van der Waals surface area contributed by atoms with Crippen LogP contribution in [0.1, 0.15) is 26.2 Å². The van der Waals surface area contributed by atoms with Gasteiger partial charge in [0.15, 0.2) is 0 Å². The first-order valence-electron chi connectivity index (χ1n) is 7.05. The van der Waals surface area contributed by atoms with Gasteiger partial charge in [-0.2, -0.15) is 0 Å². The molecule has 1 aromatic carbocycles. The third-order valence-electron chi connectivity index (χ3n) is 3.90. The van der Waals surface area contributed by atoms with Gasteiger partial charge in [0.2, 0.25) is 0 Å². The molecule has 3 nitrogen and oxygen atoms in total. The van der Waals surface area contributed by atoms with Crippen LogP contribution in [0.2, 0.25) is 0 Å². The zero-order valence-corrected chi connectivity index (χ0v) is 11.5. The number of ether oxygens (including phenoxy) is 1. The summed E-state index contributed by atoms with van der Waals surface area (Å²) in [5.41, 5.74) is 5.83. The molecule has 1 aliphatic heterocycles. The predicted molar refractivity (Wildman–Crippen MR) is 74.8 cm³/mol. The lowest BCUT2D eigenvalue weighted by Gasteiger charge is -2.40. The van der Waals surface area contributed by atoms with Crippen LogP contribution in [0.5, 0.6) is 5.75 Å². The number of piperidine rings is 1. The first-order chi connectivity index (χ1) is 9.20. The Bertz CT molecular complexity index is 382. The Morgan fingerprint density at radius 1 is 1.32 bits per heavy atom. The number of rotatable bonds is 5. The van der Waals surface area contributed by atoms with Crippen molar-refractivity contribution in [3.8, 4) is 5.75 Å². The number of halogens is 1. The second kappa shape index (κ2) is 6.87. The first kappa shape index (κ1) is 14.3. The van der Waals surface area contributed by atoms with E-state index in [1.807, 2.05) is 0 Å². The highest BCUT2D eigenvalue weighted by Gasteiger charge is 2.26. The Kier molecular flexibility index (Phi) is 5.16. The van der Waals surface area contributed by atoms with Crippen LogP contribution in [0.4, 0.5) is 4.39 Å². The molecule has 0 amide bonds. The molecule has 1 aromatic rings. The van der Waals surface area contributed by atoms with E-state index in [2.05, 4.69) is 11.8 Å². The fraction of sp³-hybridized carbons (Fsp3) is 0.600. The Morgan fingerprint density at radius 3 is 2.74 bits per heavy atom. The van der Waals surface area contributed by atoms with E-state index in [0.717, 1.165) is 12.3 Å². The van der Waals surface area contributed by atoms with E-state index >= 15 is 0 Å². The summed E-state index contributed by atoms with van der Waals surface area (Å²) in [6.45, 7) is 4.45. The Balaban J connectivity index is 1.81. The summed E-state index contributed by atoms with van der Waals surface area (Å²) in [7, 11) is 0. The largest absolute Gasteiger partial charge is 0.492 e. The number of hydrogen-bond acceptors (Lipinski definition) is 3. The average Bonchev–Trinajstić information content (AvgIpc) is 2.42. The maximum Gasteiger partial charge on any atom is 0.123 e. The van der Waals surface area contributed by atoms with Crippen LogP contribution in [-0.4, -0.2) is 36.7 Å². The van der Waals surface area contributed by atoms with E-state index in [9.17, 15) is 4.39 Å². The molecule has 0 radical (unpaired) electrons. The van der Waals surface area contributed by atoms with Crippen molar-refractivity contribution in [2.75, 3.05) is 19.7 Å². The van der Waals surface area contributed by atoms with Gasteiger partial charge < -0.3 is 10.5 Å². The van der Waals surface area contributed by atoms with E-state index in [1.54, 1.807) is 12.1 Å². The maximum absolute atomic E-state index is 12.8. The van der Waals surface area contributed by atoms with E-state index < -0.39 is 0 Å². The Morgan fingerprint density at radius 2 is 2.05 bits per heavy atom. The molecule has 2 unspecified atom stereocenters. The van der Waals surface area contributed by atoms with Crippen molar-refractivity contribution in [1.82, 2.24) is 4.90 Å². The predicted octanol–water partition coefficient (Wildman–Crippen LogP) is 2.41. The minimum atomic E-state index is -0.236. The van der Waals surface area contributed by atoms with Crippen LogP contribution >= 0.6 is 0 Å². The van der Waals surface area contributed by atoms with Gasteiger partial charge in [0.1, 0.15) is 18.2 Å². The molecule has 0 bridgehead atoms. The first-order valence-corrected chi connectivity index (χ1v) is 7.05. The van der Waals surface area contributed by atoms with Gasteiger partial charge in [-0.15, -0.1) is 0 Å². The second-order valence-electron chi connectivity index (χ2n) is 5.21. The molecule has 2 N–H and O–H groups in total. The summed E-state index contributed by atoms with van der Waals surface area (Å²) in [5, 5.41) is 0. The summed E-state index contributed by atoms with van der Waals surface area (Å²) < 4.78 is 18.4. The number of benzene rings is 1. The van der Waals surface area contributed by atoms with Crippen LogP contribution < -0.4 is 10.5 Å². The highest BCUT2D eigenvalue weighted by Crippen LogP contribution is 2.22. The fourth-order valence-electron chi connectivity index (χ4n) is 2.80. The molecule has 1 saturated heterocycles. The monoisotopic (exact) mass is 266 g/mol. The summed E-state index contributed by atoms with van der Waals surface area (Å²) in [6, 6.07) is 7.20. The van der Waals surface area contributed by atoms with Gasteiger partial charge in [0.05, 0.1) is 0 Å². The molecular formula is C15H23FN2O. The highest BCUT2D eigenvalue weighted by molar-refractivity contribution is 5.21. The summed E-state index contributed by atoms with van der Waals surface area (Å²) in [5.74, 6) is 0.482. The molecule has 0 aliphatic carbocycles. The van der Waals surface area contributed by atoms with E-state index in [1.165, 1.54) is 31.4 Å². The van der Waals surface area contributed by atoms with Crippen molar-refractivity contribution >= 4 is 0 Å². The van der Waals surface area contributed by atoms with Gasteiger partial charge in [-0.25, -0.2) is 4.39 Å². The molecule has 2 rings (SSSR count). The van der Waals surface area contributed by atoms with Crippen molar-refractivity contribution < 1.29 is 9.13 Å². The van der Waals surface area contributed by atoms with Crippen molar-refractivity contribution in [3.05, 3.63) is 30.1 Å². The van der Waals surface area contributed by atoms with Crippen molar-refractivity contribution in [2.45, 2.75) is 38.3 Å². The van der Waals surface area contributed by atoms with Crippen molar-refractivity contribution in [1.29, 1.82) is 0 Å². The smallest absolute Gasteiger partial charge is 0.123 e. The summed E-state index contributed by atoms with van der Waals surface area (Å²) >= 11 is 0. The lowest BCUT2D eigenvalue weighted by atomic mass is 9.96. The van der Waals surface area contributed by atoms with Gasteiger partial charge in [-0.1, -0.05) is 6.42 Å². The Labute approximate surface area is 114 Å². The molecule has 2 atom stereocenters. The number of nitrogens with zero attached hydrogens (tertiary/aromatic N) is 1. The molecule has 0 spiro atoms. The minimum absolute atomic E-state index is 0.236.